The molecule has 1 amide bonds. The fourth-order valence-electron chi connectivity index (χ4n) is 2.96. The lowest BCUT2D eigenvalue weighted by atomic mass is 10.1. The lowest BCUT2D eigenvalue weighted by Crippen LogP contribution is -2.18. The summed E-state index contributed by atoms with van der Waals surface area (Å²) in [5.41, 5.74) is 1.41. The number of halogens is 2. The molecule has 0 radical (unpaired) electrons. The van der Waals surface area contributed by atoms with Gasteiger partial charge in [-0.25, -0.2) is 5.10 Å². The van der Waals surface area contributed by atoms with E-state index in [1.165, 1.54) is 6.07 Å². The molecule has 6 nitrogen and oxygen atoms in total. The highest BCUT2D eigenvalue weighted by Gasteiger charge is 2.14. The van der Waals surface area contributed by atoms with E-state index in [4.69, 9.17) is 27.6 Å². The number of hydrogen-bond donors (Lipinski definition) is 2. The molecule has 0 spiro atoms. The largest absolute Gasteiger partial charge is 0.461 e. The Morgan fingerprint density at radius 2 is 1.89 bits per heavy atom. The molecule has 0 aliphatic rings. The molecule has 27 heavy (non-hydrogen) atoms. The average molecular weight is 402 g/mol. The average Bonchev–Trinajstić information content (AvgIpc) is 2.98. The van der Waals surface area contributed by atoms with Crippen LogP contribution in [0.1, 0.15) is 11.5 Å². The zero-order valence-electron chi connectivity index (χ0n) is 14.1. The summed E-state index contributed by atoms with van der Waals surface area (Å²) in [5, 5.41) is 11.5. The third kappa shape index (κ3) is 3.41. The standard InChI is InChI=1S/C19H13Cl2N3O3/c1-9-4-10-5-11(2-3-17(10)27-9)22-18(25)8-16-12-6-14(20)15(21)7-13(12)19(26)24-23-16/h2-7H,8H2,1H3,(H,22,25)(H,24,26). The lowest BCUT2D eigenvalue weighted by molar-refractivity contribution is -0.115. The highest BCUT2D eigenvalue weighted by molar-refractivity contribution is 6.42. The Balaban J connectivity index is 1.63. The molecule has 2 aromatic carbocycles. The van der Waals surface area contributed by atoms with Crippen LogP contribution in [0.25, 0.3) is 21.7 Å². The Kier molecular flexibility index (Phi) is 4.37. The van der Waals surface area contributed by atoms with E-state index < -0.39 is 5.56 Å². The quantitative estimate of drug-likeness (QED) is 0.530. The van der Waals surface area contributed by atoms with Crippen LogP contribution in [0.2, 0.25) is 10.0 Å². The molecular weight excluding hydrogens is 389 g/mol. The molecule has 0 saturated carbocycles. The summed E-state index contributed by atoms with van der Waals surface area (Å²) in [5.74, 6) is 0.523. The number of amides is 1. The molecule has 0 aliphatic carbocycles. The normalized spacial score (nSPS) is 11.2. The van der Waals surface area contributed by atoms with Gasteiger partial charge >= 0.3 is 0 Å². The summed E-state index contributed by atoms with van der Waals surface area (Å²) in [7, 11) is 0. The van der Waals surface area contributed by atoms with Crippen LogP contribution in [-0.4, -0.2) is 16.1 Å². The van der Waals surface area contributed by atoms with Crippen molar-refractivity contribution < 1.29 is 9.21 Å². The number of H-pyrrole nitrogens is 1. The first kappa shape index (κ1) is 17.6. The molecule has 0 bridgehead atoms. The van der Waals surface area contributed by atoms with E-state index in [-0.39, 0.29) is 17.4 Å². The third-order valence-electron chi connectivity index (χ3n) is 4.16. The van der Waals surface area contributed by atoms with Crippen LogP contribution in [0.5, 0.6) is 0 Å². The minimum atomic E-state index is -0.395. The maximum atomic E-state index is 12.5. The minimum Gasteiger partial charge on any atom is -0.461 e. The Bertz CT molecular complexity index is 1260. The van der Waals surface area contributed by atoms with Gasteiger partial charge in [0.2, 0.25) is 5.91 Å². The van der Waals surface area contributed by atoms with Crippen molar-refractivity contribution in [3.8, 4) is 0 Å². The van der Waals surface area contributed by atoms with E-state index in [0.29, 0.717) is 27.2 Å². The number of aromatic amines is 1. The van der Waals surface area contributed by atoms with Crippen LogP contribution in [0.3, 0.4) is 0 Å². The number of furan rings is 1. The molecule has 0 atom stereocenters. The topological polar surface area (TPSA) is 88.0 Å². The summed E-state index contributed by atoms with van der Waals surface area (Å²) in [6.45, 7) is 1.86. The highest BCUT2D eigenvalue weighted by atomic mass is 35.5. The SMILES string of the molecule is Cc1cc2cc(NC(=O)Cc3n[nH]c(=O)c4cc(Cl)c(Cl)cc34)ccc2o1. The number of nitrogens with zero attached hydrogens (tertiary/aromatic N) is 1. The van der Waals surface area contributed by atoms with Crippen molar-refractivity contribution in [1.29, 1.82) is 0 Å². The Morgan fingerprint density at radius 3 is 2.67 bits per heavy atom. The first-order valence-electron chi connectivity index (χ1n) is 8.07. The maximum Gasteiger partial charge on any atom is 0.272 e. The van der Waals surface area contributed by atoms with Crippen LogP contribution in [0, 0.1) is 6.92 Å². The molecule has 0 fully saturated rings. The van der Waals surface area contributed by atoms with Crippen molar-refractivity contribution in [2.45, 2.75) is 13.3 Å². The second-order valence-corrected chi connectivity index (χ2v) is 6.96. The van der Waals surface area contributed by atoms with Gasteiger partial charge in [0.25, 0.3) is 5.56 Å². The summed E-state index contributed by atoms with van der Waals surface area (Å²) in [4.78, 5) is 24.4. The predicted molar refractivity (Wildman–Crippen MR) is 106 cm³/mol. The van der Waals surface area contributed by atoms with Crippen LogP contribution < -0.4 is 10.9 Å². The van der Waals surface area contributed by atoms with Gasteiger partial charge in [0.1, 0.15) is 11.3 Å². The van der Waals surface area contributed by atoms with Gasteiger partial charge in [-0.3, -0.25) is 9.59 Å². The van der Waals surface area contributed by atoms with Gasteiger partial charge in [-0.15, -0.1) is 0 Å². The second kappa shape index (κ2) is 6.72. The number of carbonyl (C=O) groups is 1. The number of carbonyl (C=O) groups excluding carboxylic acids is 1. The third-order valence-corrected chi connectivity index (χ3v) is 4.88. The molecule has 2 aromatic heterocycles. The number of rotatable bonds is 3. The van der Waals surface area contributed by atoms with Crippen molar-refractivity contribution in [3.63, 3.8) is 0 Å². The van der Waals surface area contributed by atoms with Crippen LogP contribution in [-0.2, 0) is 11.2 Å². The zero-order chi connectivity index (χ0) is 19.1. The van der Waals surface area contributed by atoms with Crippen molar-refractivity contribution >= 4 is 56.5 Å². The molecule has 4 aromatic rings. The maximum absolute atomic E-state index is 12.5. The predicted octanol–water partition coefficient (Wildman–Crippen LogP) is 4.47. The minimum absolute atomic E-state index is 0.0340. The summed E-state index contributed by atoms with van der Waals surface area (Å²) in [6.07, 6.45) is -0.0340. The molecule has 8 heteroatoms. The Labute approximate surface area is 163 Å². The van der Waals surface area contributed by atoms with E-state index >= 15 is 0 Å². The fraction of sp³-hybridized carbons (Fsp3) is 0.105. The fourth-order valence-corrected chi connectivity index (χ4v) is 3.29. The van der Waals surface area contributed by atoms with Gasteiger partial charge in [0, 0.05) is 16.5 Å². The van der Waals surface area contributed by atoms with Crippen molar-refractivity contribution in [2.24, 2.45) is 0 Å². The van der Waals surface area contributed by atoms with Gasteiger partial charge in [-0.2, -0.15) is 5.10 Å². The van der Waals surface area contributed by atoms with Crippen LogP contribution in [0.15, 0.2) is 45.6 Å². The van der Waals surface area contributed by atoms with Gasteiger partial charge in [-0.1, -0.05) is 23.2 Å². The number of aryl methyl sites for hydroxylation is 1. The first-order chi connectivity index (χ1) is 12.9. The lowest BCUT2D eigenvalue weighted by Gasteiger charge is -2.08. The molecule has 0 unspecified atom stereocenters. The Hall–Kier alpha value is -2.83. The zero-order valence-corrected chi connectivity index (χ0v) is 15.6. The number of hydrogen-bond acceptors (Lipinski definition) is 4. The number of nitrogens with one attached hydrogen (secondary N) is 2. The highest BCUT2D eigenvalue weighted by Crippen LogP contribution is 2.28. The molecule has 0 saturated heterocycles. The number of fused-ring (bicyclic) bond motifs is 2. The first-order valence-corrected chi connectivity index (χ1v) is 8.82. The molecular formula is C19H13Cl2N3O3. The summed E-state index contributed by atoms with van der Waals surface area (Å²) >= 11 is 12.0. The van der Waals surface area contributed by atoms with E-state index in [1.807, 2.05) is 19.1 Å². The molecule has 136 valence electrons. The molecule has 2 heterocycles. The van der Waals surface area contributed by atoms with E-state index in [2.05, 4.69) is 15.5 Å². The number of benzene rings is 2. The van der Waals surface area contributed by atoms with E-state index in [0.717, 1.165) is 16.7 Å². The second-order valence-electron chi connectivity index (χ2n) is 6.15. The monoisotopic (exact) mass is 401 g/mol. The van der Waals surface area contributed by atoms with Gasteiger partial charge in [-0.05, 0) is 43.3 Å². The summed E-state index contributed by atoms with van der Waals surface area (Å²) < 4.78 is 5.52. The summed E-state index contributed by atoms with van der Waals surface area (Å²) in [6, 6.07) is 10.3. The smallest absolute Gasteiger partial charge is 0.272 e. The van der Waals surface area contributed by atoms with Crippen LogP contribution >= 0.6 is 23.2 Å². The van der Waals surface area contributed by atoms with Crippen molar-refractivity contribution in [2.75, 3.05) is 5.32 Å². The van der Waals surface area contributed by atoms with Crippen molar-refractivity contribution in [3.05, 3.63) is 68.3 Å². The van der Waals surface area contributed by atoms with Gasteiger partial charge in [0.05, 0.1) is 27.5 Å². The Morgan fingerprint density at radius 1 is 1.15 bits per heavy atom. The molecule has 4 rings (SSSR count). The molecule has 2 N–H and O–H groups in total. The van der Waals surface area contributed by atoms with Gasteiger partial charge in [0.15, 0.2) is 0 Å². The number of aromatic nitrogens is 2. The van der Waals surface area contributed by atoms with E-state index in [9.17, 15) is 9.59 Å². The van der Waals surface area contributed by atoms with Crippen molar-refractivity contribution in [1.82, 2.24) is 10.2 Å². The number of anilines is 1. The van der Waals surface area contributed by atoms with Gasteiger partial charge < -0.3 is 9.73 Å². The molecule has 0 aliphatic heterocycles. The van der Waals surface area contributed by atoms with Crippen LogP contribution in [0.4, 0.5) is 5.69 Å². The van der Waals surface area contributed by atoms with E-state index in [1.54, 1.807) is 18.2 Å².